The number of unbranched alkanes of at least 4 members (excludes halogenated alkanes) is 1. The number of carbonyl (C=O) groups excluding carboxylic acids is 1. The molecule has 0 radical (unpaired) electrons. The van der Waals surface area contributed by atoms with E-state index >= 15 is 0 Å². The Morgan fingerprint density at radius 1 is 1.30 bits per heavy atom. The van der Waals surface area contributed by atoms with Crippen LogP contribution in [0.2, 0.25) is 0 Å². The first-order chi connectivity index (χ1) is 9.72. The van der Waals surface area contributed by atoms with E-state index in [2.05, 4.69) is 30.2 Å². The average molecular weight is 285 g/mol. The Balaban J connectivity index is 1.94. The molecule has 0 saturated heterocycles. The van der Waals surface area contributed by atoms with Crippen molar-refractivity contribution < 1.29 is 4.79 Å². The fraction of sp³-hybridized carbons (Fsp3) is 0.353. The zero-order valence-electron chi connectivity index (χ0n) is 12.0. The molecule has 0 amide bonds. The minimum absolute atomic E-state index is 0.215. The maximum Gasteiger partial charge on any atom is 0.192 e. The summed E-state index contributed by atoms with van der Waals surface area (Å²) in [6.45, 7) is 5.34. The number of fused-ring (bicyclic) bond motifs is 1. The third-order valence-electron chi connectivity index (χ3n) is 3.91. The molecule has 0 spiro atoms. The summed E-state index contributed by atoms with van der Waals surface area (Å²) in [5.74, 6) is 0.215. The van der Waals surface area contributed by atoms with E-state index in [-0.39, 0.29) is 5.78 Å². The Hall–Kier alpha value is -1.48. The molecule has 1 aromatic rings. The number of rotatable bonds is 3. The number of hydrogen-bond acceptors (Lipinski definition) is 3. The van der Waals surface area contributed by atoms with Crippen LogP contribution in [0.25, 0.3) is 0 Å². The Morgan fingerprint density at radius 3 is 2.85 bits per heavy atom. The number of nitrogens with zero attached hydrogens (tertiary/aromatic N) is 1. The van der Waals surface area contributed by atoms with Crippen LogP contribution in [0.1, 0.15) is 42.6 Å². The SMILES string of the molecule is CCCCN1C(C)=CS/C1=C1/Cc2ccccc2C1=O. The quantitative estimate of drug-likeness (QED) is 0.770. The van der Waals surface area contributed by atoms with Gasteiger partial charge in [0.2, 0.25) is 0 Å². The van der Waals surface area contributed by atoms with Crippen LogP contribution >= 0.6 is 11.8 Å². The molecule has 1 aromatic carbocycles. The zero-order chi connectivity index (χ0) is 14.1. The van der Waals surface area contributed by atoms with Gasteiger partial charge in [-0.15, -0.1) is 0 Å². The Bertz CT molecular complexity index is 615. The number of ketones is 1. The Morgan fingerprint density at radius 2 is 2.10 bits per heavy atom. The first-order valence-electron chi connectivity index (χ1n) is 7.19. The number of allylic oxidation sites excluding steroid dienone is 2. The standard InChI is InChI=1S/C17H19NOS/c1-3-4-9-18-12(2)11-20-17(18)15-10-13-7-5-6-8-14(13)16(15)19/h5-8,11H,3-4,9-10H2,1-2H3/b17-15-. The molecule has 104 valence electrons. The minimum atomic E-state index is 0.215. The number of hydrogen-bond donors (Lipinski definition) is 0. The van der Waals surface area contributed by atoms with Crippen molar-refractivity contribution in [3.05, 3.63) is 57.1 Å². The maximum atomic E-state index is 12.6. The topological polar surface area (TPSA) is 20.3 Å². The van der Waals surface area contributed by atoms with Crippen molar-refractivity contribution in [3.63, 3.8) is 0 Å². The van der Waals surface area contributed by atoms with Gasteiger partial charge in [0.15, 0.2) is 5.78 Å². The van der Waals surface area contributed by atoms with E-state index in [1.165, 1.54) is 17.7 Å². The average Bonchev–Trinajstić information content (AvgIpc) is 2.98. The van der Waals surface area contributed by atoms with Crippen LogP contribution in [-0.4, -0.2) is 17.2 Å². The van der Waals surface area contributed by atoms with Crippen LogP contribution in [0, 0.1) is 0 Å². The van der Waals surface area contributed by atoms with Gasteiger partial charge in [0.05, 0.1) is 5.03 Å². The van der Waals surface area contributed by atoms with Gasteiger partial charge in [0.25, 0.3) is 0 Å². The van der Waals surface area contributed by atoms with Gasteiger partial charge in [0.1, 0.15) is 0 Å². The summed E-state index contributed by atoms with van der Waals surface area (Å²) in [6, 6.07) is 7.98. The molecule has 1 aliphatic heterocycles. The van der Waals surface area contributed by atoms with Crippen LogP contribution in [-0.2, 0) is 6.42 Å². The van der Waals surface area contributed by atoms with E-state index in [9.17, 15) is 4.79 Å². The molecular weight excluding hydrogens is 266 g/mol. The lowest BCUT2D eigenvalue weighted by molar-refractivity contribution is 0.103. The molecule has 3 rings (SSSR count). The van der Waals surface area contributed by atoms with E-state index in [4.69, 9.17) is 0 Å². The molecule has 1 heterocycles. The highest BCUT2D eigenvalue weighted by Gasteiger charge is 2.31. The first kappa shape index (κ1) is 13.5. The Kier molecular flexibility index (Phi) is 3.70. The van der Waals surface area contributed by atoms with Crippen molar-refractivity contribution in [1.29, 1.82) is 0 Å². The van der Waals surface area contributed by atoms with Crippen molar-refractivity contribution in [2.75, 3.05) is 6.54 Å². The number of benzene rings is 1. The molecular formula is C17H19NOS. The molecule has 20 heavy (non-hydrogen) atoms. The summed E-state index contributed by atoms with van der Waals surface area (Å²) in [6.07, 6.45) is 3.11. The summed E-state index contributed by atoms with van der Waals surface area (Å²) < 4.78 is 0. The van der Waals surface area contributed by atoms with Crippen molar-refractivity contribution in [3.8, 4) is 0 Å². The van der Waals surface area contributed by atoms with Crippen LogP contribution < -0.4 is 0 Å². The van der Waals surface area contributed by atoms with Crippen molar-refractivity contribution in [2.45, 2.75) is 33.1 Å². The maximum absolute atomic E-state index is 12.6. The first-order valence-corrected chi connectivity index (χ1v) is 8.07. The van der Waals surface area contributed by atoms with Gasteiger partial charge in [-0.05, 0) is 24.3 Å². The summed E-state index contributed by atoms with van der Waals surface area (Å²) >= 11 is 1.70. The molecule has 1 aliphatic carbocycles. The summed E-state index contributed by atoms with van der Waals surface area (Å²) in [4.78, 5) is 14.9. The Labute approximate surface area is 124 Å². The molecule has 0 fully saturated rings. The van der Waals surface area contributed by atoms with E-state index in [1.807, 2.05) is 18.2 Å². The highest BCUT2D eigenvalue weighted by molar-refractivity contribution is 8.06. The highest BCUT2D eigenvalue weighted by Crippen LogP contribution is 2.40. The van der Waals surface area contributed by atoms with Gasteiger partial charge < -0.3 is 4.90 Å². The second-order valence-electron chi connectivity index (χ2n) is 5.33. The fourth-order valence-corrected chi connectivity index (χ4v) is 3.84. The monoisotopic (exact) mass is 285 g/mol. The number of thioether (sulfide) groups is 1. The van der Waals surface area contributed by atoms with E-state index in [0.717, 1.165) is 35.6 Å². The number of carbonyl (C=O) groups is 1. The van der Waals surface area contributed by atoms with Crippen LogP contribution in [0.3, 0.4) is 0 Å². The minimum Gasteiger partial charge on any atom is -0.339 e. The molecule has 0 saturated carbocycles. The molecule has 2 nitrogen and oxygen atoms in total. The van der Waals surface area contributed by atoms with Crippen molar-refractivity contribution in [2.24, 2.45) is 0 Å². The van der Waals surface area contributed by atoms with Crippen LogP contribution in [0.5, 0.6) is 0 Å². The molecule has 0 N–H and O–H groups in total. The lowest BCUT2D eigenvalue weighted by atomic mass is 10.1. The molecule has 0 aromatic heterocycles. The fourth-order valence-electron chi connectivity index (χ4n) is 2.76. The summed E-state index contributed by atoms with van der Waals surface area (Å²) in [5.41, 5.74) is 4.28. The predicted molar refractivity (Wildman–Crippen MR) is 84.5 cm³/mol. The normalized spacial score (nSPS) is 21.4. The second kappa shape index (κ2) is 5.49. The third kappa shape index (κ3) is 2.20. The van der Waals surface area contributed by atoms with Gasteiger partial charge in [0, 0.05) is 29.8 Å². The molecule has 2 aliphatic rings. The second-order valence-corrected chi connectivity index (χ2v) is 6.19. The van der Waals surface area contributed by atoms with Crippen molar-refractivity contribution in [1.82, 2.24) is 4.90 Å². The lowest BCUT2D eigenvalue weighted by Gasteiger charge is -2.22. The highest BCUT2D eigenvalue weighted by atomic mass is 32.2. The van der Waals surface area contributed by atoms with E-state index < -0.39 is 0 Å². The van der Waals surface area contributed by atoms with Gasteiger partial charge in [-0.3, -0.25) is 4.79 Å². The van der Waals surface area contributed by atoms with Crippen LogP contribution in [0.15, 0.2) is 46.0 Å². The zero-order valence-corrected chi connectivity index (χ0v) is 12.8. The van der Waals surface area contributed by atoms with Gasteiger partial charge in [-0.1, -0.05) is 49.4 Å². The predicted octanol–water partition coefficient (Wildman–Crippen LogP) is 4.35. The van der Waals surface area contributed by atoms with Gasteiger partial charge in [-0.25, -0.2) is 0 Å². The van der Waals surface area contributed by atoms with Gasteiger partial charge in [-0.2, -0.15) is 0 Å². The largest absolute Gasteiger partial charge is 0.339 e. The molecule has 3 heteroatoms. The molecule has 0 atom stereocenters. The lowest BCUT2D eigenvalue weighted by Crippen LogP contribution is -2.20. The smallest absolute Gasteiger partial charge is 0.192 e. The number of Topliss-reactive ketones (excluding diaryl/α,β-unsaturated/α-hetero) is 1. The van der Waals surface area contributed by atoms with Gasteiger partial charge >= 0.3 is 0 Å². The summed E-state index contributed by atoms with van der Waals surface area (Å²) in [7, 11) is 0. The molecule has 0 bridgehead atoms. The molecule has 0 unspecified atom stereocenters. The van der Waals surface area contributed by atoms with Crippen LogP contribution in [0.4, 0.5) is 0 Å². The summed E-state index contributed by atoms with van der Waals surface area (Å²) in [5, 5.41) is 3.31. The third-order valence-corrected chi connectivity index (χ3v) is 5.06. The van der Waals surface area contributed by atoms with Crippen molar-refractivity contribution >= 4 is 17.5 Å². The van der Waals surface area contributed by atoms with E-state index in [0.29, 0.717) is 0 Å². The van der Waals surface area contributed by atoms with E-state index in [1.54, 1.807) is 11.8 Å².